The summed E-state index contributed by atoms with van der Waals surface area (Å²) in [4.78, 5) is 19.3. The molecule has 0 aliphatic heterocycles. The van der Waals surface area contributed by atoms with Crippen molar-refractivity contribution in [2.75, 3.05) is 11.4 Å². The van der Waals surface area contributed by atoms with E-state index in [1.165, 1.54) is 5.56 Å². The lowest BCUT2D eigenvalue weighted by Crippen LogP contribution is -2.30. The molecule has 0 radical (unpaired) electrons. The van der Waals surface area contributed by atoms with Gasteiger partial charge in [-0.1, -0.05) is 0 Å². The molecule has 136 valence electrons. The summed E-state index contributed by atoms with van der Waals surface area (Å²) in [7, 11) is 0. The highest BCUT2D eigenvalue weighted by atomic mass is 16.1. The minimum Gasteiger partial charge on any atom is -0.369 e. The first kappa shape index (κ1) is 18.0. The van der Waals surface area contributed by atoms with Gasteiger partial charge >= 0.3 is 0 Å². The van der Waals surface area contributed by atoms with Crippen LogP contribution in [0.15, 0.2) is 48.8 Å². The fourth-order valence-corrected chi connectivity index (χ4v) is 3.14. The number of anilines is 1. The second-order valence-corrected chi connectivity index (χ2v) is 6.81. The quantitative estimate of drug-likeness (QED) is 0.735. The van der Waals surface area contributed by atoms with E-state index in [1.807, 2.05) is 60.1 Å². The molecule has 0 saturated carbocycles. The zero-order chi connectivity index (χ0) is 18.7. The van der Waals surface area contributed by atoms with E-state index in [4.69, 9.17) is 0 Å². The van der Waals surface area contributed by atoms with Crippen molar-refractivity contribution < 1.29 is 4.79 Å². The Morgan fingerprint density at radius 3 is 2.62 bits per heavy atom. The van der Waals surface area contributed by atoms with E-state index >= 15 is 0 Å². The maximum Gasteiger partial charge on any atom is 0.251 e. The van der Waals surface area contributed by atoms with Gasteiger partial charge in [0.2, 0.25) is 0 Å². The molecule has 2 heterocycles. The van der Waals surface area contributed by atoms with Crippen LogP contribution in [0.2, 0.25) is 0 Å². The number of nitrogens with zero attached hydrogens (tertiary/aromatic N) is 3. The van der Waals surface area contributed by atoms with E-state index in [9.17, 15) is 4.79 Å². The molecule has 5 nitrogen and oxygen atoms in total. The van der Waals surface area contributed by atoms with Crippen LogP contribution in [0.1, 0.15) is 42.4 Å². The number of hydrogen-bond acceptors (Lipinski definition) is 3. The Balaban J connectivity index is 1.65. The second kappa shape index (κ2) is 7.60. The molecule has 0 bridgehead atoms. The zero-order valence-corrected chi connectivity index (χ0v) is 15.9. The van der Waals surface area contributed by atoms with Crippen LogP contribution in [0.4, 0.5) is 5.69 Å². The molecule has 5 heteroatoms. The van der Waals surface area contributed by atoms with Crippen molar-refractivity contribution >= 4 is 17.2 Å². The molecule has 2 aromatic heterocycles. The molecular weight excluding hydrogens is 324 g/mol. The number of rotatable bonds is 6. The number of amides is 1. The van der Waals surface area contributed by atoms with Crippen molar-refractivity contribution in [3.05, 3.63) is 65.6 Å². The minimum absolute atomic E-state index is 0.0858. The van der Waals surface area contributed by atoms with Gasteiger partial charge < -0.3 is 14.6 Å². The number of carbonyl (C=O) groups excluding carboxylic acids is 1. The SMILES string of the molecule is CCN(c1ccc(C(=O)NCc2cn3ccc(C)cc3n2)cc1)C(C)C. The molecule has 1 amide bonds. The highest BCUT2D eigenvalue weighted by molar-refractivity contribution is 5.94. The van der Waals surface area contributed by atoms with Crippen molar-refractivity contribution in [1.29, 1.82) is 0 Å². The number of aromatic nitrogens is 2. The summed E-state index contributed by atoms with van der Waals surface area (Å²) in [5.41, 5.74) is 4.70. The number of hydrogen-bond donors (Lipinski definition) is 1. The normalized spacial score (nSPS) is 11.1. The topological polar surface area (TPSA) is 49.6 Å². The Morgan fingerprint density at radius 1 is 1.23 bits per heavy atom. The zero-order valence-electron chi connectivity index (χ0n) is 15.9. The van der Waals surface area contributed by atoms with Gasteiger partial charge in [-0.2, -0.15) is 0 Å². The van der Waals surface area contributed by atoms with Gasteiger partial charge in [0.25, 0.3) is 5.91 Å². The second-order valence-electron chi connectivity index (χ2n) is 6.81. The Morgan fingerprint density at radius 2 is 1.96 bits per heavy atom. The summed E-state index contributed by atoms with van der Waals surface area (Å²) in [6, 6.07) is 12.3. The average molecular weight is 350 g/mol. The summed E-state index contributed by atoms with van der Waals surface area (Å²) in [6.45, 7) is 9.86. The number of pyridine rings is 1. The van der Waals surface area contributed by atoms with Crippen LogP contribution in [0, 0.1) is 6.92 Å². The molecular formula is C21H26N4O. The van der Waals surface area contributed by atoms with Crippen LogP contribution in [0.3, 0.4) is 0 Å². The molecule has 0 fully saturated rings. The predicted molar refractivity (Wildman–Crippen MR) is 106 cm³/mol. The maximum absolute atomic E-state index is 12.4. The predicted octanol–water partition coefficient (Wildman–Crippen LogP) is 3.81. The number of fused-ring (bicyclic) bond motifs is 1. The van der Waals surface area contributed by atoms with Gasteiger partial charge in [0.05, 0.1) is 12.2 Å². The molecule has 0 saturated heterocycles. The summed E-state index contributed by atoms with van der Waals surface area (Å²) in [5, 5.41) is 2.95. The Kier molecular flexibility index (Phi) is 5.26. The molecule has 26 heavy (non-hydrogen) atoms. The fraction of sp³-hybridized carbons (Fsp3) is 0.333. The minimum atomic E-state index is -0.0858. The van der Waals surface area contributed by atoms with Gasteiger partial charge in [-0.25, -0.2) is 4.98 Å². The molecule has 3 rings (SSSR count). The van der Waals surface area contributed by atoms with Crippen molar-refractivity contribution in [2.24, 2.45) is 0 Å². The van der Waals surface area contributed by atoms with E-state index in [0.29, 0.717) is 18.2 Å². The number of imidazole rings is 1. The number of carbonyl (C=O) groups is 1. The van der Waals surface area contributed by atoms with Crippen LogP contribution < -0.4 is 10.2 Å². The van der Waals surface area contributed by atoms with Crippen molar-refractivity contribution in [1.82, 2.24) is 14.7 Å². The van der Waals surface area contributed by atoms with Gasteiger partial charge in [0, 0.05) is 36.2 Å². The fourth-order valence-electron chi connectivity index (χ4n) is 3.14. The molecule has 3 aromatic rings. The lowest BCUT2D eigenvalue weighted by molar-refractivity contribution is 0.0950. The van der Waals surface area contributed by atoms with Crippen LogP contribution in [-0.4, -0.2) is 27.9 Å². The summed E-state index contributed by atoms with van der Waals surface area (Å²) >= 11 is 0. The van der Waals surface area contributed by atoms with E-state index < -0.39 is 0 Å². The lowest BCUT2D eigenvalue weighted by atomic mass is 10.1. The Bertz CT molecular complexity index is 896. The van der Waals surface area contributed by atoms with E-state index in [-0.39, 0.29) is 5.91 Å². The largest absolute Gasteiger partial charge is 0.369 e. The summed E-state index contributed by atoms with van der Waals surface area (Å²) in [6.07, 6.45) is 3.93. The Labute approximate surface area is 154 Å². The lowest BCUT2D eigenvalue weighted by Gasteiger charge is -2.27. The van der Waals surface area contributed by atoms with Crippen LogP contribution in [0.25, 0.3) is 5.65 Å². The van der Waals surface area contributed by atoms with Gasteiger partial charge in [0.15, 0.2) is 0 Å². The molecule has 0 aliphatic carbocycles. The third kappa shape index (κ3) is 3.87. The average Bonchev–Trinajstić information content (AvgIpc) is 3.02. The summed E-state index contributed by atoms with van der Waals surface area (Å²) < 4.78 is 1.97. The van der Waals surface area contributed by atoms with Gasteiger partial charge in [-0.3, -0.25) is 4.79 Å². The number of nitrogens with one attached hydrogen (secondary N) is 1. The monoisotopic (exact) mass is 350 g/mol. The van der Waals surface area contributed by atoms with Gasteiger partial charge in [-0.05, 0) is 69.7 Å². The summed E-state index contributed by atoms with van der Waals surface area (Å²) in [5.74, 6) is -0.0858. The third-order valence-corrected chi connectivity index (χ3v) is 4.52. The first-order valence-electron chi connectivity index (χ1n) is 9.07. The highest BCUT2D eigenvalue weighted by Crippen LogP contribution is 2.17. The molecule has 1 aromatic carbocycles. The molecule has 0 unspecified atom stereocenters. The van der Waals surface area contributed by atoms with Crippen LogP contribution >= 0.6 is 0 Å². The number of aryl methyl sites for hydroxylation is 1. The maximum atomic E-state index is 12.4. The number of benzene rings is 1. The van der Waals surface area contributed by atoms with Gasteiger partial charge in [-0.15, -0.1) is 0 Å². The van der Waals surface area contributed by atoms with Gasteiger partial charge in [0.1, 0.15) is 5.65 Å². The molecule has 0 atom stereocenters. The molecule has 0 aliphatic rings. The highest BCUT2D eigenvalue weighted by Gasteiger charge is 2.11. The van der Waals surface area contributed by atoms with E-state index in [0.717, 1.165) is 23.6 Å². The molecule has 0 spiro atoms. The van der Waals surface area contributed by atoms with E-state index in [2.05, 4.69) is 36.0 Å². The Hall–Kier alpha value is -2.82. The van der Waals surface area contributed by atoms with Crippen LogP contribution in [0.5, 0.6) is 0 Å². The standard InChI is InChI=1S/C21H26N4O/c1-5-25(15(2)3)19-8-6-17(7-9-19)21(26)22-13-18-14-24-11-10-16(4)12-20(24)23-18/h6-12,14-15H,5,13H2,1-4H3,(H,22,26). The van der Waals surface area contributed by atoms with E-state index in [1.54, 1.807) is 0 Å². The van der Waals surface area contributed by atoms with Crippen molar-refractivity contribution in [3.63, 3.8) is 0 Å². The molecule has 1 N–H and O–H groups in total. The smallest absolute Gasteiger partial charge is 0.251 e. The van der Waals surface area contributed by atoms with Crippen LogP contribution in [-0.2, 0) is 6.54 Å². The van der Waals surface area contributed by atoms with Crippen molar-refractivity contribution in [2.45, 2.75) is 40.3 Å². The first-order valence-corrected chi connectivity index (χ1v) is 9.07. The third-order valence-electron chi connectivity index (χ3n) is 4.52. The van der Waals surface area contributed by atoms with Crippen molar-refractivity contribution in [3.8, 4) is 0 Å². The first-order chi connectivity index (χ1) is 12.5.